The molecule has 0 spiro atoms. The maximum atomic E-state index is 4.87. The summed E-state index contributed by atoms with van der Waals surface area (Å²) in [6.45, 7) is 2.01. The molecule has 0 bridgehead atoms. The highest BCUT2D eigenvalue weighted by molar-refractivity contribution is 7.80. The van der Waals surface area contributed by atoms with Gasteiger partial charge in [0.15, 0.2) is 5.05 Å². The summed E-state index contributed by atoms with van der Waals surface area (Å²) in [5.74, 6) is 0. The number of hydrogen-bond donors (Lipinski definition) is 0. The van der Waals surface area contributed by atoms with Crippen molar-refractivity contribution >= 4 is 17.3 Å². The molecular weight excluding hydrogens is 96.1 g/mol. The van der Waals surface area contributed by atoms with Crippen molar-refractivity contribution in [3.8, 4) is 0 Å². The predicted octanol–water partition coefficient (Wildman–Crippen LogP) is 1.12. The number of hydrogen-bond acceptors (Lipinski definition) is 2. The van der Waals surface area contributed by atoms with E-state index in [2.05, 4.69) is 12.2 Å². The lowest BCUT2D eigenvalue weighted by molar-refractivity contribution is 0.147. The van der Waals surface area contributed by atoms with E-state index in [1.807, 2.05) is 6.92 Å². The topological polar surface area (TPSA) is 9.23 Å². The molecule has 34 valence electrons. The van der Waals surface area contributed by atoms with E-state index in [0.717, 1.165) is 11.5 Å². The Labute approximate surface area is 42.3 Å². The third-order valence-electron chi connectivity index (χ3n) is 0.787. The first-order chi connectivity index (χ1) is 2.79. The molecule has 1 fully saturated rings. The molecule has 1 aliphatic heterocycles. The first kappa shape index (κ1) is 4.06. The van der Waals surface area contributed by atoms with Crippen LogP contribution in [0.3, 0.4) is 0 Å². The van der Waals surface area contributed by atoms with Crippen molar-refractivity contribution in [3.63, 3.8) is 0 Å². The second-order valence-corrected chi connectivity index (χ2v) is 1.96. The number of thiocarbonyl (C=S) groups is 1. The van der Waals surface area contributed by atoms with E-state index in [9.17, 15) is 0 Å². The van der Waals surface area contributed by atoms with Gasteiger partial charge in [-0.15, -0.1) is 0 Å². The molecule has 0 amide bonds. The van der Waals surface area contributed by atoms with Gasteiger partial charge in [0, 0.05) is 0 Å². The monoisotopic (exact) mass is 102 g/mol. The Kier molecular flexibility index (Phi) is 0.804. The van der Waals surface area contributed by atoms with Crippen molar-refractivity contribution in [2.75, 3.05) is 0 Å². The second kappa shape index (κ2) is 1.19. The van der Waals surface area contributed by atoms with Crippen LogP contribution in [0.25, 0.3) is 0 Å². The molecule has 0 aliphatic carbocycles. The van der Waals surface area contributed by atoms with Crippen LogP contribution >= 0.6 is 12.2 Å². The standard InChI is InChI=1S/C4H6OS/c1-3-2-4(6)5-3/h3H,2H2,1H3. The first-order valence-electron chi connectivity index (χ1n) is 1.98. The summed E-state index contributed by atoms with van der Waals surface area (Å²) in [5, 5.41) is 0.766. The highest BCUT2D eigenvalue weighted by Crippen LogP contribution is 2.12. The molecule has 1 saturated heterocycles. The van der Waals surface area contributed by atoms with E-state index in [1.54, 1.807) is 0 Å². The zero-order valence-corrected chi connectivity index (χ0v) is 4.42. The minimum absolute atomic E-state index is 0.400. The maximum absolute atomic E-state index is 4.87. The summed E-state index contributed by atoms with van der Waals surface area (Å²) in [6, 6.07) is 0. The summed E-state index contributed by atoms with van der Waals surface area (Å²) in [5.41, 5.74) is 0. The minimum atomic E-state index is 0.400. The van der Waals surface area contributed by atoms with Crippen LogP contribution in [0.15, 0.2) is 0 Å². The lowest BCUT2D eigenvalue weighted by Gasteiger charge is -2.23. The van der Waals surface area contributed by atoms with Crippen molar-refractivity contribution in [1.29, 1.82) is 0 Å². The molecule has 1 atom stereocenters. The molecule has 1 heterocycles. The molecule has 1 unspecified atom stereocenters. The zero-order valence-electron chi connectivity index (χ0n) is 3.60. The van der Waals surface area contributed by atoms with Crippen LogP contribution in [0.2, 0.25) is 0 Å². The average molecular weight is 102 g/mol. The average Bonchev–Trinajstić information content (AvgIpc) is 1.33. The van der Waals surface area contributed by atoms with Gasteiger partial charge in [0.2, 0.25) is 0 Å². The van der Waals surface area contributed by atoms with Crippen molar-refractivity contribution in [3.05, 3.63) is 0 Å². The van der Waals surface area contributed by atoms with Crippen LogP contribution in [0.4, 0.5) is 0 Å². The zero-order chi connectivity index (χ0) is 4.57. The predicted molar refractivity (Wildman–Crippen MR) is 27.8 cm³/mol. The van der Waals surface area contributed by atoms with Gasteiger partial charge < -0.3 is 4.74 Å². The second-order valence-electron chi connectivity index (χ2n) is 1.50. The fourth-order valence-corrected chi connectivity index (χ4v) is 0.848. The SMILES string of the molecule is CC1CC(=S)O1. The Bertz CT molecular complexity index is 71.6. The number of ether oxygens (including phenoxy) is 1. The molecule has 1 rings (SSSR count). The third-order valence-corrected chi connectivity index (χ3v) is 1.05. The van der Waals surface area contributed by atoms with Gasteiger partial charge in [-0.3, -0.25) is 0 Å². The van der Waals surface area contributed by atoms with Crippen LogP contribution in [-0.2, 0) is 4.74 Å². The van der Waals surface area contributed by atoms with Crippen molar-refractivity contribution < 1.29 is 4.74 Å². The summed E-state index contributed by atoms with van der Waals surface area (Å²) in [4.78, 5) is 0. The van der Waals surface area contributed by atoms with E-state index in [0.29, 0.717) is 6.10 Å². The molecule has 0 aromatic rings. The summed E-state index contributed by atoms with van der Waals surface area (Å²) >= 11 is 4.64. The Morgan fingerprint density at radius 3 is 2.50 bits per heavy atom. The molecule has 0 aromatic carbocycles. The summed E-state index contributed by atoms with van der Waals surface area (Å²) in [7, 11) is 0. The van der Waals surface area contributed by atoms with Crippen molar-refractivity contribution in [1.82, 2.24) is 0 Å². The van der Waals surface area contributed by atoms with Crippen LogP contribution in [0.1, 0.15) is 13.3 Å². The molecule has 2 heteroatoms. The van der Waals surface area contributed by atoms with E-state index < -0.39 is 0 Å². The van der Waals surface area contributed by atoms with Crippen LogP contribution in [0.5, 0.6) is 0 Å². The lowest BCUT2D eigenvalue weighted by atomic mass is 10.2. The van der Waals surface area contributed by atoms with Crippen molar-refractivity contribution in [2.24, 2.45) is 0 Å². The smallest absolute Gasteiger partial charge is 0.163 e. The van der Waals surface area contributed by atoms with Gasteiger partial charge in [-0.05, 0) is 19.1 Å². The minimum Gasteiger partial charge on any atom is -0.484 e. The van der Waals surface area contributed by atoms with Gasteiger partial charge in [-0.1, -0.05) is 0 Å². The normalized spacial score (nSPS) is 31.5. The Morgan fingerprint density at radius 2 is 2.50 bits per heavy atom. The molecular formula is C4H6OS. The summed E-state index contributed by atoms with van der Waals surface area (Å²) in [6.07, 6.45) is 1.38. The Balaban J connectivity index is 2.28. The van der Waals surface area contributed by atoms with Gasteiger partial charge in [0.1, 0.15) is 6.10 Å². The van der Waals surface area contributed by atoms with E-state index >= 15 is 0 Å². The lowest BCUT2D eigenvalue weighted by Crippen LogP contribution is -2.27. The van der Waals surface area contributed by atoms with Crippen molar-refractivity contribution in [2.45, 2.75) is 19.4 Å². The van der Waals surface area contributed by atoms with Gasteiger partial charge in [-0.25, -0.2) is 0 Å². The molecule has 6 heavy (non-hydrogen) atoms. The highest BCUT2D eigenvalue weighted by atomic mass is 32.1. The Hall–Kier alpha value is -0.110. The van der Waals surface area contributed by atoms with Crippen LogP contribution in [0, 0.1) is 0 Å². The highest BCUT2D eigenvalue weighted by Gasteiger charge is 2.18. The van der Waals surface area contributed by atoms with Gasteiger partial charge in [-0.2, -0.15) is 0 Å². The Morgan fingerprint density at radius 1 is 2.00 bits per heavy atom. The van der Waals surface area contributed by atoms with Crippen LogP contribution < -0.4 is 0 Å². The van der Waals surface area contributed by atoms with Gasteiger partial charge >= 0.3 is 0 Å². The fourth-order valence-electron chi connectivity index (χ4n) is 0.449. The summed E-state index contributed by atoms with van der Waals surface area (Å²) < 4.78 is 4.87. The number of rotatable bonds is 0. The van der Waals surface area contributed by atoms with Gasteiger partial charge in [0.25, 0.3) is 0 Å². The molecule has 1 aliphatic rings. The molecule has 0 N–H and O–H groups in total. The molecule has 1 nitrogen and oxygen atoms in total. The molecule has 0 saturated carbocycles. The van der Waals surface area contributed by atoms with Crippen LogP contribution in [-0.4, -0.2) is 11.2 Å². The largest absolute Gasteiger partial charge is 0.484 e. The van der Waals surface area contributed by atoms with E-state index in [4.69, 9.17) is 4.74 Å². The van der Waals surface area contributed by atoms with E-state index in [-0.39, 0.29) is 0 Å². The van der Waals surface area contributed by atoms with Gasteiger partial charge in [0.05, 0.1) is 6.42 Å². The molecule has 0 radical (unpaired) electrons. The molecule has 0 aromatic heterocycles. The quantitative estimate of drug-likeness (QED) is 0.424. The van der Waals surface area contributed by atoms with E-state index in [1.165, 1.54) is 0 Å². The third kappa shape index (κ3) is 0.522. The fraction of sp³-hybridized carbons (Fsp3) is 0.750. The first-order valence-corrected chi connectivity index (χ1v) is 2.39. The maximum Gasteiger partial charge on any atom is 0.163 e.